The average Bonchev–Trinajstić information content (AvgIpc) is 3.09. The van der Waals surface area contributed by atoms with E-state index in [1.807, 2.05) is 12.1 Å². The summed E-state index contributed by atoms with van der Waals surface area (Å²) in [5, 5.41) is 10.1. The van der Waals surface area contributed by atoms with Gasteiger partial charge in [-0.2, -0.15) is 0 Å². The largest absolute Gasteiger partial charge is 0.481 e. The molecule has 0 aliphatic heterocycles. The Bertz CT molecular complexity index is 576. The van der Waals surface area contributed by atoms with Gasteiger partial charge in [0.25, 0.3) is 0 Å². The molecule has 2 aromatic heterocycles. The lowest BCUT2D eigenvalue weighted by molar-refractivity contribution is -0.140. The standard InChI is InChI=1S/C12H10N2O2/c15-11(16)12(2-3-12)9-5-8-1-4-13-7-10(8)14-6-9/h1,4-7H,2-3H2,(H,15,16). The summed E-state index contributed by atoms with van der Waals surface area (Å²) in [7, 11) is 0. The van der Waals surface area contributed by atoms with Gasteiger partial charge in [-0.05, 0) is 30.5 Å². The molecule has 2 aromatic rings. The van der Waals surface area contributed by atoms with Crippen LogP contribution in [0.2, 0.25) is 0 Å². The van der Waals surface area contributed by atoms with Crippen LogP contribution in [0.5, 0.6) is 0 Å². The highest BCUT2D eigenvalue weighted by Crippen LogP contribution is 2.48. The molecule has 1 aliphatic carbocycles. The number of rotatable bonds is 2. The van der Waals surface area contributed by atoms with E-state index in [1.165, 1.54) is 0 Å². The van der Waals surface area contributed by atoms with Gasteiger partial charge in [0.1, 0.15) is 0 Å². The Kier molecular flexibility index (Phi) is 1.74. The molecule has 4 heteroatoms. The van der Waals surface area contributed by atoms with Crippen molar-refractivity contribution in [1.82, 2.24) is 9.97 Å². The highest BCUT2D eigenvalue weighted by molar-refractivity contribution is 5.87. The summed E-state index contributed by atoms with van der Waals surface area (Å²) >= 11 is 0. The lowest BCUT2D eigenvalue weighted by Crippen LogP contribution is -2.19. The molecule has 1 N–H and O–H groups in total. The van der Waals surface area contributed by atoms with Gasteiger partial charge in [0.15, 0.2) is 0 Å². The number of carbonyl (C=O) groups is 1. The van der Waals surface area contributed by atoms with E-state index in [1.54, 1.807) is 18.6 Å². The van der Waals surface area contributed by atoms with Gasteiger partial charge < -0.3 is 5.11 Å². The molecule has 3 rings (SSSR count). The van der Waals surface area contributed by atoms with Gasteiger partial charge >= 0.3 is 5.97 Å². The van der Waals surface area contributed by atoms with E-state index in [0.29, 0.717) is 12.8 Å². The van der Waals surface area contributed by atoms with Crippen LogP contribution >= 0.6 is 0 Å². The molecule has 0 spiro atoms. The number of carboxylic acids is 1. The number of hydrogen-bond donors (Lipinski definition) is 1. The van der Waals surface area contributed by atoms with Crippen molar-refractivity contribution >= 4 is 16.9 Å². The molecule has 4 nitrogen and oxygen atoms in total. The quantitative estimate of drug-likeness (QED) is 0.827. The van der Waals surface area contributed by atoms with Crippen LogP contribution in [0.4, 0.5) is 0 Å². The molecule has 0 aromatic carbocycles. The van der Waals surface area contributed by atoms with Gasteiger partial charge in [-0.25, -0.2) is 0 Å². The molecule has 1 aliphatic rings. The van der Waals surface area contributed by atoms with E-state index in [4.69, 9.17) is 0 Å². The SMILES string of the molecule is O=C(O)C1(c2cnc3cnccc3c2)CC1. The third-order valence-electron chi connectivity index (χ3n) is 3.20. The van der Waals surface area contributed by atoms with Crippen LogP contribution < -0.4 is 0 Å². The zero-order chi connectivity index (χ0) is 11.2. The number of carboxylic acid groups (broad SMARTS) is 1. The van der Waals surface area contributed by atoms with Crippen molar-refractivity contribution in [2.24, 2.45) is 0 Å². The van der Waals surface area contributed by atoms with E-state index in [2.05, 4.69) is 9.97 Å². The topological polar surface area (TPSA) is 63.1 Å². The van der Waals surface area contributed by atoms with Crippen LogP contribution in [0.1, 0.15) is 18.4 Å². The molecule has 1 saturated carbocycles. The molecule has 0 bridgehead atoms. The van der Waals surface area contributed by atoms with Gasteiger partial charge in [0.2, 0.25) is 0 Å². The number of hydrogen-bond acceptors (Lipinski definition) is 3. The minimum absolute atomic E-state index is 0.676. The van der Waals surface area contributed by atoms with E-state index in [9.17, 15) is 9.90 Å². The van der Waals surface area contributed by atoms with Crippen LogP contribution in [0.15, 0.2) is 30.7 Å². The maximum atomic E-state index is 11.2. The van der Waals surface area contributed by atoms with Crippen LogP contribution in [0.3, 0.4) is 0 Å². The Balaban J connectivity index is 2.16. The lowest BCUT2D eigenvalue weighted by atomic mass is 9.97. The first-order chi connectivity index (χ1) is 7.72. The van der Waals surface area contributed by atoms with Crippen molar-refractivity contribution in [2.45, 2.75) is 18.3 Å². The average molecular weight is 214 g/mol. The number of pyridine rings is 2. The minimum Gasteiger partial charge on any atom is -0.481 e. The maximum Gasteiger partial charge on any atom is 0.314 e. The van der Waals surface area contributed by atoms with Gasteiger partial charge in [0.05, 0.1) is 17.1 Å². The summed E-state index contributed by atoms with van der Waals surface area (Å²) in [6.07, 6.45) is 6.44. The number of nitrogens with zero attached hydrogens (tertiary/aromatic N) is 2. The summed E-state index contributed by atoms with van der Waals surface area (Å²) in [6, 6.07) is 3.76. The summed E-state index contributed by atoms with van der Waals surface area (Å²) in [5.41, 5.74) is 0.927. The first-order valence-corrected chi connectivity index (χ1v) is 5.16. The molecule has 0 amide bonds. The summed E-state index contributed by atoms with van der Waals surface area (Å²) < 4.78 is 0. The van der Waals surface area contributed by atoms with Gasteiger partial charge in [-0.15, -0.1) is 0 Å². The monoisotopic (exact) mass is 214 g/mol. The minimum atomic E-state index is -0.747. The second-order valence-corrected chi connectivity index (χ2v) is 4.18. The second-order valence-electron chi connectivity index (χ2n) is 4.18. The molecule has 16 heavy (non-hydrogen) atoms. The number of aromatic nitrogens is 2. The second kappa shape index (κ2) is 3.01. The summed E-state index contributed by atoms with van der Waals surface area (Å²) in [4.78, 5) is 19.4. The van der Waals surface area contributed by atoms with Crippen molar-refractivity contribution in [3.05, 3.63) is 36.3 Å². The van der Waals surface area contributed by atoms with Gasteiger partial charge in [-0.1, -0.05) is 0 Å². The first kappa shape index (κ1) is 9.27. The lowest BCUT2D eigenvalue weighted by Gasteiger charge is -2.09. The highest BCUT2D eigenvalue weighted by atomic mass is 16.4. The Hall–Kier alpha value is -1.97. The van der Waals surface area contributed by atoms with Crippen LogP contribution in [0, 0.1) is 0 Å². The molecule has 0 unspecified atom stereocenters. The normalized spacial score (nSPS) is 17.2. The van der Waals surface area contributed by atoms with E-state index < -0.39 is 11.4 Å². The predicted octanol–water partition coefficient (Wildman–Crippen LogP) is 1.75. The van der Waals surface area contributed by atoms with Gasteiger partial charge in [0, 0.05) is 17.8 Å². The molecule has 0 saturated heterocycles. The predicted molar refractivity (Wildman–Crippen MR) is 58.1 cm³/mol. The van der Waals surface area contributed by atoms with Crippen molar-refractivity contribution < 1.29 is 9.90 Å². The Morgan fingerprint density at radius 3 is 2.88 bits per heavy atom. The van der Waals surface area contributed by atoms with Crippen molar-refractivity contribution in [2.75, 3.05) is 0 Å². The Morgan fingerprint density at radius 2 is 2.19 bits per heavy atom. The number of fused-ring (bicyclic) bond motifs is 1. The maximum absolute atomic E-state index is 11.2. The van der Waals surface area contributed by atoms with Crippen LogP contribution in [-0.2, 0) is 10.2 Å². The fourth-order valence-electron chi connectivity index (χ4n) is 1.98. The van der Waals surface area contributed by atoms with Crippen molar-refractivity contribution in [3.63, 3.8) is 0 Å². The Morgan fingerprint density at radius 1 is 1.38 bits per heavy atom. The zero-order valence-electron chi connectivity index (χ0n) is 8.55. The third-order valence-corrected chi connectivity index (χ3v) is 3.20. The van der Waals surface area contributed by atoms with E-state index in [-0.39, 0.29) is 0 Å². The first-order valence-electron chi connectivity index (χ1n) is 5.16. The fourth-order valence-corrected chi connectivity index (χ4v) is 1.98. The highest BCUT2D eigenvalue weighted by Gasteiger charge is 2.52. The molecular weight excluding hydrogens is 204 g/mol. The van der Waals surface area contributed by atoms with Crippen molar-refractivity contribution in [3.8, 4) is 0 Å². The van der Waals surface area contributed by atoms with E-state index >= 15 is 0 Å². The summed E-state index contributed by atoms with van der Waals surface area (Å²) in [5.74, 6) is -0.747. The van der Waals surface area contributed by atoms with Gasteiger partial charge in [-0.3, -0.25) is 14.8 Å². The molecule has 0 atom stereocenters. The number of aliphatic carboxylic acids is 1. The molecular formula is C12H10N2O2. The van der Waals surface area contributed by atoms with Crippen LogP contribution in [-0.4, -0.2) is 21.0 Å². The fraction of sp³-hybridized carbons (Fsp3) is 0.250. The molecule has 80 valence electrons. The molecule has 1 fully saturated rings. The third kappa shape index (κ3) is 1.19. The molecule has 0 radical (unpaired) electrons. The smallest absolute Gasteiger partial charge is 0.314 e. The summed E-state index contributed by atoms with van der Waals surface area (Å²) in [6.45, 7) is 0. The Labute approximate surface area is 92.0 Å². The van der Waals surface area contributed by atoms with E-state index in [0.717, 1.165) is 16.5 Å². The van der Waals surface area contributed by atoms with Crippen molar-refractivity contribution in [1.29, 1.82) is 0 Å². The van der Waals surface area contributed by atoms with Crippen LogP contribution in [0.25, 0.3) is 10.9 Å². The zero-order valence-corrected chi connectivity index (χ0v) is 8.55. The molecule has 2 heterocycles.